The Morgan fingerprint density at radius 1 is 1.46 bits per heavy atom. The van der Waals surface area contributed by atoms with E-state index in [9.17, 15) is 9.59 Å². The molecule has 0 saturated carbocycles. The van der Waals surface area contributed by atoms with Gasteiger partial charge in [0.05, 0.1) is 37.1 Å². The van der Waals surface area contributed by atoms with Crippen molar-refractivity contribution in [2.75, 3.05) is 13.2 Å². The molecule has 7 nitrogen and oxygen atoms in total. The lowest BCUT2D eigenvalue weighted by Crippen LogP contribution is -2.51. The molecule has 1 aromatic rings. The van der Waals surface area contributed by atoms with Crippen LogP contribution in [0.2, 0.25) is 0 Å². The van der Waals surface area contributed by atoms with Crippen molar-refractivity contribution >= 4 is 11.8 Å². The SMILES string of the molecule is Cc1ncn(C)c1C(=O)N1CC[C@@]23OC[C@@H](C(C)C)N2C(=O)C[C@@H]13. The van der Waals surface area contributed by atoms with E-state index in [-0.39, 0.29) is 23.9 Å². The first-order valence-electron chi connectivity index (χ1n) is 8.62. The Labute approximate surface area is 141 Å². The lowest BCUT2D eigenvalue weighted by Gasteiger charge is -2.34. The summed E-state index contributed by atoms with van der Waals surface area (Å²) >= 11 is 0. The summed E-state index contributed by atoms with van der Waals surface area (Å²) in [6, 6.07) is -0.0912. The molecule has 0 N–H and O–H groups in total. The van der Waals surface area contributed by atoms with Crippen molar-refractivity contribution in [3.8, 4) is 0 Å². The van der Waals surface area contributed by atoms with E-state index in [1.807, 2.05) is 23.8 Å². The van der Waals surface area contributed by atoms with Crippen LogP contribution >= 0.6 is 0 Å². The highest BCUT2D eigenvalue weighted by atomic mass is 16.5. The molecule has 3 atom stereocenters. The van der Waals surface area contributed by atoms with E-state index in [0.29, 0.717) is 37.6 Å². The maximum Gasteiger partial charge on any atom is 0.272 e. The molecule has 130 valence electrons. The van der Waals surface area contributed by atoms with Crippen LogP contribution in [0.4, 0.5) is 0 Å². The molecule has 0 aromatic carbocycles. The highest BCUT2D eigenvalue weighted by molar-refractivity contribution is 5.95. The van der Waals surface area contributed by atoms with Gasteiger partial charge < -0.3 is 19.1 Å². The van der Waals surface area contributed by atoms with E-state index in [1.54, 1.807) is 10.9 Å². The van der Waals surface area contributed by atoms with Gasteiger partial charge in [0, 0.05) is 20.0 Å². The van der Waals surface area contributed by atoms with Gasteiger partial charge in [-0.05, 0) is 12.8 Å². The number of rotatable bonds is 2. The fraction of sp³-hybridized carbons (Fsp3) is 0.706. The summed E-state index contributed by atoms with van der Waals surface area (Å²) in [4.78, 5) is 33.7. The van der Waals surface area contributed by atoms with Gasteiger partial charge in [0.1, 0.15) is 5.69 Å². The molecule has 7 heteroatoms. The summed E-state index contributed by atoms with van der Waals surface area (Å²) in [5, 5.41) is 0. The number of nitrogens with zero attached hydrogens (tertiary/aromatic N) is 4. The topological polar surface area (TPSA) is 67.7 Å². The first-order chi connectivity index (χ1) is 11.4. The van der Waals surface area contributed by atoms with Crippen LogP contribution < -0.4 is 0 Å². The second-order valence-electron chi connectivity index (χ2n) is 7.49. The Morgan fingerprint density at radius 3 is 2.83 bits per heavy atom. The average molecular weight is 332 g/mol. The number of aryl methyl sites for hydroxylation is 2. The molecule has 3 saturated heterocycles. The van der Waals surface area contributed by atoms with Crippen molar-refractivity contribution in [1.29, 1.82) is 0 Å². The van der Waals surface area contributed by atoms with E-state index in [0.717, 1.165) is 5.69 Å². The number of aromatic nitrogens is 2. The molecule has 2 amide bonds. The quantitative estimate of drug-likeness (QED) is 0.808. The predicted octanol–water partition coefficient (Wildman–Crippen LogP) is 0.926. The molecule has 4 heterocycles. The summed E-state index contributed by atoms with van der Waals surface area (Å²) in [6.45, 7) is 7.25. The van der Waals surface area contributed by atoms with Crippen molar-refractivity contribution < 1.29 is 14.3 Å². The number of carbonyl (C=O) groups is 2. The largest absolute Gasteiger partial charge is 0.351 e. The van der Waals surface area contributed by atoms with Crippen LogP contribution in [0, 0.1) is 12.8 Å². The van der Waals surface area contributed by atoms with Gasteiger partial charge in [-0.2, -0.15) is 0 Å². The Balaban J connectivity index is 1.67. The lowest BCUT2D eigenvalue weighted by atomic mass is 10.0. The number of likely N-dealkylation sites (tertiary alicyclic amines) is 1. The standard InChI is InChI=1S/C17H24N4O3/c1-10(2)12-8-24-17-5-6-20(13(17)7-14(22)21(12)17)16(23)15-11(3)18-9-19(15)4/h9-10,12-13H,5-8H2,1-4H3/t12-,13+,17-/m0/s1. The summed E-state index contributed by atoms with van der Waals surface area (Å²) in [5.74, 6) is 0.396. The normalized spacial score (nSPS) is 32.0. The maximum absolute atomic E-state index is 13.1. The van der Waals surface area contributed by atoms with Crippen LogP contribution in [0.15, 0.2) is 6.33 Å². The van der Waals surface area contributed by atoms with Crippen LogP contribution in [0.1, 0.15) is 42.9 Å². The summed E-state index contributed by atoms with van der Waals surface area (Å²) in [6.07, 6.45) is 2.70. The number of carbonyl (C=O) groups excluding carboxylic acids is 2. The molecular formula is C17H24N4O3. The zero-order valence-corrected chi connectivity index (χ0v) is 14.7. The van der Waals surface area contributed by atoms with E-state index < -0.39 is 5.72 Å². The van der Waals surface area contributed by atoms with Crippen LogP contribution in [0.25, 0.3) is 0 Å². The zero-order valence-electron chi connectivity index (χ0n) is 14.7. The molecule has 3 aliphatic rings. The number of hydrogen-bond donors (Lipinski definition) is 0. The molecule has 3 fully saturated rings. The van der Waals surface area contributed by atoms with Gasteiger partial charge in [-0.1, -0.05) is 13.8 Å². The lowest BCUT2D eigenvalue weighted by molar-refractivity contribution is -0.139. The van der Waals surface area contributed by atoms with Gasteiger partial charge in [0.25, 0.3) is 5.91 Å². The third-order valence-electron chi connectivity index (χ3n) is 5.84. The summed E-state index contributed by atoms with van der Waals surface area (Å²) in [7, 11) is 1.83. The molecule has 24 heavy (non-hydrogen) atoms. The predicted molar refractivity (Wildman–Crippen MR) is 86.2 cm³/mol. The third-order valence-corrected chi connectivity index (χ3v) is 5.84. The molecule has 0 unspecified atom stereocenters. The number of imidazole rings is 1. The van der Waals surface area contributed by atoms with Crippen LogP contribution in [0.3, 0.4) is 0 Å². The average Bonchev–Trinajstić information content (AvgIpc) is 3.21. The first kappa shape index (κ1) is 15.6. The van der Waals surface area contributed by atoms with Crippen molar-refractivity contribution in [3.05, 3.63) is 17.7 Å². The third kappa shape index (κ3) is 1.84. The Kier molecular flexibility index (Phi) is 3.29. The molecule has 1 spiro atoms. The second kappa shape index (κ2) is 5.05. The minimum atomic E-state index is -0.617. The van der Waals surface area contributed by atoms with Gasteiger partial charge in [-0.25, -0.2) is 4.98 Å². The second-order valence-corrected chi connectivity index (χ2v) is 7.49. The summed E-state index contributed by atoms with van der Waals surface area (Å²) in [5.41, 5.74) is 0.696. The van der Waals surface area contributed by atoms with Crippen molar-refractivity contribution in [2.45, 2.75) is 51.4 Å². The molecule has 0 bridgehead atoms. The van der Waals surface area contributed by atoms with Gasteiger partial charge in [-0.3, -0.25) is 9.59 Å². The number of hydrogen-bond acceptors (Lipinski definition) is 4. The Morgan fingerprint density at radius 2 is 2.21 bits per heavy atom. The van der Waals surface area contributed by atoms with E-state index in [2.05, 4.69) is 18.8 Å². The minimum absolute atomic E-state index is 0.0550. The Bertz CT molecular complexity index is 693. The van der Waals surface area contributed by atoms with Gasteiger partial charge in [-0.15, -0.1) is 0 Å². The summed E-state index contributed by atoms with van der Waals surface area (Å²) < 4.78 is 7.93. The molecule has 4 rings (SSSR count). The molecule has 3 aliphatic heterocycles. The maximum atomic E-state index is 13.1. The molecule has 0 aliphatic carbocycles. The fourth-order valence-electron chi connectivity index (χ4n) is 4.60. The molecule has 0 radical (unpaired) electrons. The van der Waals surface area contributed by atoms with Crippen molar-refractivity contribution in [1.82, 2.24) is 19.4 Å². The highest BCUT2D eigenvalue weighted by Crippen LogP contribution is 2.49. The van der Waals surface area contributed by atoms with E-state index in [4.69, 9.17) is 4.74 Å². The van der Waals surface area contributed by atoms with Gasteiger partial charge >= 0.3 is 0 Å². The van der Waals surface area contributed by atoms with Crippen LogP contribution in [-0.4, -0.2) is 62.1 Å². The van der Waals surface area contributed by atoms with E-state index in [1.165, 1.54) is 0 Å². The molecular weight excluding hydrogens is 308 g/mol. The van der Waals surface area contributed by atoms with Crippen LogP contribution in [0.5, 0.6) is 0 Å². The van der Waals surface area contributed by atoms with Crippen molar-refractivity contribution in [2.24, 2.45) is 13.0 Å². The number of ether oxygens (including phenoxy) is 1. The van der Waals surface area contributed by atoms with Gasteiger partial charge in [0.15, 0.2) is 5.72 Å². The Hall–Kier alpha value is -1.89. The van der Waals surface area contributed by atoms with Crippen LogP contribution in [-0.2, 0) is 16.6 Å². The van der Waals surface area contributed by atoms with E-state index >= 15 is 0 Å². The smallest absolute Gasteiger partial charge is 0.272 e. The zero-order chi connectivity index (χ0) is 17.2. The van der Waals surface area contributed by atoms with Gasteiger partial charge in [0.2, 0.25) is 5.91 Å². The minimum Gasteiger partial charge on any atom is -0.351 e. The monoisotopic (exact) mass is 332 g/mol. The first-order valence-corrected chi connectivity index (χ1v) is 8.62. The highest BCUT2D eigenvalue weighted by Gasteiger charge is 2.65. The number of amides is 2. The fourth-order valence-corrected chi connectivity index (χ4v) is 4.60. The van der Waals surface area contributed by atoms with Crippen molar-refractivity contribution in [3.63, 3.8) is 0 Å². The molecule has 1 aromatic heterocycles.